The molecule has 3 atom stereocenters. The molecule has 0 unspecified atom stereocenters. The van der Waals surface area contributed by atoms with Crippen molar-refractivity contribution in [1.29, 1.82) is 0 Å². The average molecular weight is 412 g/mol. The molecule has 1 saturated heterocycles. The maximum Gasteiger partial charge on any atom is 0.353 e. The van der Waals surface area contributed by atoms with E-state index in [2.05, 4.69) is 29.2 Å². The van der Waals surface area contributed by atoms with Gasteiger partial charge >= 0.3 is 5.69 Å². The summed E-state index contributed by atoms with van der Waals surface area (Å²) in [6.45, 7) is -0.288. The van der Waals surface area contributed by atoms with Gasteiger partial charge in [-0.3, -0.25) is 4.57 Å². The van der Waals surface area contributed by atoms with Gasteiger partial charge in [0.15, 0.2) is 0 Å². The van der Waals surface area contributed by atoms with Crippen LogP contribution in [0.25, 0.3) is 11.1 Å². The van der Waals surface area contributed by atoms with Crippen molar-refractivity contribution in [3.63, 3.8) is 0 Å². The van der Waals surface area contributed by atoms with E-state index in [9.17, 15) is 15.0 Å². The largest absolute Gasteiger partial charge is 0.443 e. The number of furan rings is 1. The van der Waals surface area contributed by atoms with Crippen molar-refractivity contribution in [2.45, 2.75) is 63.4 Å². The summed E-state index contributed by atoms with van der Waals surface area (Å²) in [5.74, 6) is 0.818. The van der Waals surface area contributed by atoms with Crippen LogP contribution in [0.5, 0.6) is 0 Å². The van der Waals surface area contributed by atoms with E-state index in [0.29, 0.717) is 5.71 Å². The number of aliphatic hydroxyl groups excluding tert-OH is 2. The molecule has 0 amide bonds. The number of aromatic nitrogens is 2. The van der Waals surface area contributed by atoms with Crippen LogP contribution < -0.4 is 5.69 Å². The molecule has 7 nitrogen and oxygen atoms in total. The number of hydrogen-bond donors (Lipinski definition) is 2. The number of nitrogens with zero attached hydrogens (tertiary/aromatic N) is 2. The SMILES string of the molecule is O=c1nc2oc(CCCCCCc3ccccc3)cc2cn1[C@H]1C[C@H](O)[C@@H](CO)O1. The Labute approximate surface area is 174 Å². The van der Waals surface area contributed by atoms with Gasteiger partial charge in [-0.25, -0.2) is 4.79 Å². The molecule has 1 aliphatic heterocycles. The molecule has 3 heterocycles. The van der Waals surface area contributed by atoms with E-state index in [-0.39, 0.29) is 13.0 Å². The molecule has 1 fully saturated rings. The normalized spacial score (nSPS) is 21.5. The Morgan fingerprint density at radius 1 is 1.10 bits per heavy atom. The molecule has 0 radical (unpaired) electrons. The summed E-state index contributed by atoms with van der Waals surface area (Å²) in [6, 6.07) is 12.4. The quantitative estimate of drug-likeness (QED) is 0.525. The van der Waals surface area contributed by atoms with E-state index in [4.69, 9.17) is 9.15 Å². The van der Waals surface area contributed by atoms with Crippen LogP contribution in [-0.2, 0) is 17.6 Å². The van der Waals surface area contributed by atoms with Gasteiger partial charge in [-0.05, 0) is 30.9 Å². The van der Waals surface area contributed by atoms with Crippen molar-refractivity contribution in [3.8, 4) is 0 Å². The lowest BCUT2D eigenvalue weighted by Crippen LogP contribution is -2.27. The van der Waals surface area contributed by atoms with Gasteiger partial charge in [0, 0.05) is 19.0 Å². The second-order valence-electron chi connectivity index (χ2n) is 7.92. The number of fused-ring (bicyclic) bond motifs is 1. The third-order valence-electron chi connectivity index (χ3n) is 5.66. The van der Waals surface area contributed by atoms with E-state index in [1.807, 2.05) is 12.1 Å². The standard InChI is InChI=1S/C23H28N2O5/c26-15-20-19(27)13-21(30-20)25-14-17-12-18(29-22(17)24-23(25)28)11-7-2-1-4-8-16-9-5-3-6-10-16/h3,5-6,9-10,12,14,19-21,26-27H,1-2,4,7-8,11,13,15H2/t19-,20+,21+/m0/s1. The lowest BCUT2D eigenvalue weighted by Gasteiger charge is -2.13. The zero-order valence-electron chi connectivity index (χ0n) is 16.9. The Morgan fingerprint density at radius 3 is 2.60 bits per heavy atom. The Hall–Kier alpha value is -2.48. The molecule has 160 valence electrons. The van der Waals surface area contributed by atoms with E-state index >= 15 is 0 Å². The molecule has 0 aliphatic carbocycles. The molecule has 2 aromatic heterocycles. The fraction of sp³-hybridized carbons (Fsp3) is 0.478. The van der Waals surface area contributed by atoms with Crippen LogP contribution in [0.15, 0.2) is 51.8 Å². The van der Waals surface area contributed by atoms with Crippen LogP contribution in [0.3, 0.4) is 0 Å². The van der Waals surface area contributed by atoms with Crippen LogP contribution in [-0.4, -0.2) is 38.6 Å². The third kappa shape index (κ3) is 4.80. The van der Waals surface area contributed by atoms with Gasteiger partial charge in [0.05, 0.1) is 18.1 Å². The Balaban J connectivity index is 1.31. The van der Waals surface area contributed by atoms with E-state index in [1.165, 1.54) is 23.0 Å². The number of ether oxygens (including phenoxy) is 1. The monoisotopic (exact) mass is 412 g/mol. The van der Waals surface area contributed by atoms with Gasteiger partial charge in [-0.2, -0.15) is 4.98 Å². The number of unbranched alkanes of at least 4 members (excludes halogenated alkanes) is 3. The van der Waals surface area contributed by atoms with Crippen molar-refractivity contribution in [2.75, 3.05) is 6.61 Å². The summed E-state index contributed by atoms with van der Waals surface area (Å²) >= 11 is 0. The van der Waals surface area contributed by atoms with E-state index in [1.54, 1.807) is 6.20 Å². The highest BCUT2D eigenvalue weighted by Crippen LogP contribution is 2.28. The molecular formula is C23H28N2O5. The fourth-order valence-electron chi connectivity index (χ4n) is 3.98. The van der Waals surface area contributed by atoms with Crippen molar-refractivity contribution in [3.05, 3.63) is 64.4 Å². The Kier molecular flexibility index (Phi) is 6.62. The highest BCUT2D eigenvalue weighted by Gasteiger charge is 2.35. The minimum atomic E-state index is -0.801. The maximum atomic E-state index is 12.3. The fourth-order valence-corrected chi connectivity index (χ4v) is 3.98. The van der Waals surface area contributed by atoms with Gasteiger partial charge in [0.25, 0.3) is 0 Å². The molecule has 0 saturated carbocycles. The smallest absolute Gasteiger partial charge is 0.353 e. The number of aliphatic hydroxyl groups is 2. The first-order valence-corrected chi connectivity index (χ1v) is 10.6. The summed E-state index contributed by atoms with van der Waals surface area (Å²) in [5, 5.41) is 19.9. The van der Waals surface area contributed by atoms with Crippen molar-refractivity contribution >= 4 is 11.1 Å². The average Bonchev–Trinajstić information content (AvgIpc) is 3.32. The predicted molar refractivity (Wildman–Crippen MR) is 112 cm³/mol. The molecule has 7 heteroatoms. The summed E-state index contributed by atoms with van der Waals surface area (Å²) in [4.78, 5) is 16.4. The molecule has 30 heavy (non-hydrogen) atoms. The Bertz CT molecular complexity index is 1010. The summed E-state index contributed by atoms with van der Waals surface area (Å²) in [5.41, 5.74) is 1.22. The van der Waals surface area contributed by atoms with Crippen LogP contribution in [0, 0.1) is 0 Å². The summed E-state index contributed by atoms with van der Waals surface area (Å²) in [7, 11) is 0. The molecule has 3 aromatic rings. The number of benzene rings is 1. The van der Waals surface area contributed by atoms with Crippen molar-refractivity contribution < 1.29 is 19.4 Å². The first-order valence-electron chi connectivity index (χ1n) is 10.6. The molecule has 0 spiro atoms. The summed E-state index contributed by atoms with van der Waals surface area (Å²) in [6.07, 6.45) is 6.19. The second kappa shape index (κ2) is 9.55. The van der Waals surface area contributed by atoms with Crippen LogP contribution in [0.4, 0.5) is 0 Å². The first kappa shape index (κ1) is 20.8. The highest BCUT2D eigenvalue weighted by molar-refractivity contribution is 5.72. The van der Waals surface area contributed by atoms with Crippen molar-refractivity contribution in [2.24, 2.45) is 0 Å². The molecule has 1 aliphatic rings. The molecule has 4 rings (SSSR count). The van der Waals surface area contributed by atoms with Gasteiger partial charge in [-0.1, -0.05) is 43.2 Å². The number of hydrogen-bond acceptors (Lipinski definition) is 6. The molecule has 1 aromatic carbocycles. The van der Waals surface area contributed by atoms with Crippen LogP contribution in [0.2, 0.25) is 0 Å². The topological polar surface area (TPSA) is 97.7 Å². The first-order chi connectivity index (χ1) is 14.6. The minimum absolute atomic E-state index is 0.242. The third-order valence-corrected chi connectivity index (χ3v) is 5.66. The van der Waals surface area contributed by atoms with Crippen LogP contribution in [0.1, 0.15) is 49.7 Å². The zero-order valence-corrected chi connectivity index (χ0v) is 16.9. The molecule has 0 bridgehead atoms. The Morgan fingerprint density at radius 2 is 1.87 bits per heavy atom. The molecular weight excluding hydrogens is 384 g/mol. The van der Waals surface area contributed by atoms with Crippen molar-refractivity contribution in [1.82, 2.24) is 9.55 Å². The number of rotatable bonds is 9. The predicted octanol–water partition coefficient (Wildman–Crippen LogP) is 2.98. The highest BCUT2D eigenvalue weighted by atomic mass is 16.5. The van der Waals surface area contributed by atoms with Gasteiger partial charge in [0.1, 0.15) is 18.1 Å². The lowest BCUT2D eigenvalue weighted by atomic mass is 10.1. The van der Waals surface area contributed by atoms with Gasteiger partial charge < -0.3 is 19.4 Å². The van der Waals surface area contributed by atoms with E-state index in [0.717, 1.165) is 36.8 Å². The number of aryl methyl sites for hydroxylation is 2. The van der Waals surface area contributed by atoms with E-state index < -0.39 is 24.1 Å². The zero-order chi connectivity index (χ0) is 20.9. The second-order valence-corrected chi connectivity index (χ2v) is 7.92. The lowest BCUT2D eigenvalue weighted by molar-refractivity contribution is -0.0457. The van der Waals surface area contributed by atoms with Crippen LogP contribution >= 0.6 is 0 Å². The molecule has 2 N–H and O–H groups in total. The maximum absolute atomic E-state index is 12.3. The summed E-state index contributed by atoms with van der Waals surface area (Å²) < 4.78 is 12.7. The van der Waals surface area contributed by atoms with Gasteiger partial charge in [-0.15, -0.1) is 0 Å². The van der Waals surface area contributed by atoms with Gasteiger partial charge in [0.2, 0.25) is 5.71 Å². The minimum Gasteiger partial charge on any atom is -0.443 e.